The Labute approximate surface area is 197 Å². The number of aryl methyl sites for hydroxylation is 2. The van der Waals surface area contributed by atoms with Gasteiger partial charge in [0.25, 0.3) is 5.91 Å². The van der Waals surface area contributed by atoms with Crippen LogP contribution in [0.5, 0.6) is 0 Å². The number of sulfone groups is 1. The number of aromatic nitrogens is 2. The fourth-order valence-corrected chi connectivity index (χ4v) is 5.73. The molecule has 6 nitrogen and oxygen atoms in total. The van der Waals surface area contributed by atoms with Crippen LogP contribution in [0.3, 0.4) is 0 Å². The molecule has 4 aromatic rings. The number of carbonyl (C=O) groups is 1. The minimum absolute atomic E-state index is 0.142. The Balaban J connectivity index is 1.81. The van der Waals surface area contributed by atoms with Crippen molar-refractivity contribution >= 4 is 42.4 Å². The van der Waals surface area contributed by atoms with Crippen molar-refractivity contribution in [2.45, 2.75) is 44.4 Å². The Bertz CT molecular complexity index is 1430. The maximum atomic E-state index is 13.7. The van der Waals surface area contributed by atoms with Gasteiger partial charge in [-0.1, -0.05) is 23.5 Å². The van der Waals surface area contributed by atoms with Gasteiger partial charge in [0.15, 0.2) is 15.0 Å². The molecule has 0 aliphatic rings. The molecule has 0 saturated carbocycles. The molecule has 0 fully saturated rings. The summed E-state index contributed by atoms with van der Waals surface area (Å²) in [5.41, 5.74) is 4.26. The number of hydrogen-bond acceptors (Lipinski definition) is 6. The van der Waals surface area contributed by atoms with Crippen molar-refractivity contribution in [2.24, 2.45) is 0 Å². The fraction of sp³-hybridized carbons (Fsp3) is 0.240. The number of fused-ring (bicyclic) bond motifs is 1. The molecule has 170 valence electrons. The summed E-state index contributed by atoms with van der Waals surface area (Å²) in [6.07, 6.45) is 3.36. The summed E-state index contributed by atoms with van der Waals surface area (Å²) in [6, 6.07) is 14.0. The van der Waals surface area contributed by atoms with Crippen molar-refractivity contribution in [3.05, 3.63) is 83.2 Å². The molecular weight excluding hydrogens is 454 g/mol. The maximum Gasteiger partial charge on any atom is 0.260 e. The second kappa shape index (κ2) is 9.03. The van der Waals surface area contributed by atoms with E-state index in [1.165, 1.54) is 23.5 Å². The third-order valence-electron chi connectivity index (χ3n) is 5.41. The first kappa shape index (κ1) is 23.1. The monoisotopic (exact) mass is 479 g/mol. The van der Waals surface area contributed by atoms with Crippen LogP contribution in [-0.4, -0.2) is 29.5 Å². The van der Waals surface area contributed by atoms with Gasteiger partial charge in [-0.15, -0.1) is 0 Å². The number of hydrogen-bond donors (Lipinski definition) is 0. The minimum atomic E-state index is -3.51. The van der Waals surface area contributed by atoms with Crippen LogP contribution in [0.15, 0.2) is 65.8 Å². The lowest BCUT2D eigenvalue weighted by Gasteiger charge is -2.20. The van der Waals surface area contributed by atoms with Crippen molar-refractivity contribution in [1.29, 1.82) is 0 Å². The molecule has 0 aliphatic heterocycles. The molecule has 33 heavy (non-hydrogen) atoms. The van der Waals surface area contributed by atoms with E-state index in [0.29, 0.717) is 17.2 Å². The first-order chi connectivity index (χ1) is 15.7. The van der Waals surface area contributed by atoms with Crippen molar-refractivity contribution in [1.82, 2.24) is 9.97 Å². The molecule has 8 heteroatoms. The van der Waals surface area contributed by atoms with E-state index < -0.39 is 15.1 Å². The van der Waals surface area contributed by atoms with Gasteiger partial charge in [-0.25, -0.2) is 13.4 Å². The summed E-state index contributed by atoms with van der Waals surface area (Å²) < 4.78 is 26.4. The highest BCUT2D eigenvalue weighted by Crippen LogP contribution is 2.34. The number of nitrogens with zero attached hydrogens (tertiary/aromatic N) is 3. The van der Waals surface area contributed by atoms with E-state index in [1.807, 2.05) is 32.0 Å². The predicted molar refractivity (Wildman–Crippen MR) is 133 cm³/mol. The quantitative estimate of drug-likeness (QED) is 0.373. The summed E-state index contributed by atoms with van der Waals surface area (Å²) in [5.74, 6) is -0.305. The first-order valence-corrected chi connectivity index (χ1v) is 13.0. The van der Waals surface area contributed by atoms with Gasteiger partial charge >= 0.3 is 0 Å². The molecule has 0 radical (unpaired) electrons. The molecule has 0 spiro atoms. The molecule has 0 aliphatic carbocycles. The van der Waals surface area contributed by atoms with Crippen molar-refractivity contribution in [2.75, 3.05) is 4.90 Å². The highest BCUT2D eigenvalue weighted by Gasteiger charge is 2.25. The standard InChI is InChI=1S/C25H25N3O3S2/c1-16(2)33(30,31)21-7-5-6-20(14-21)24(29)28(15-19-8-10-26-11-9-19)25-27-22-13-17(3)12-18(4)23(22)32-25/h5-14,16H,15H2,1-4H3. The van der Waals surface area contributed by atoms with E-state index in [9.17, 15) is 13.2 Å². The Hall–Kier alpha value is -3.10. The van der Waals surface area contributed by atoms with Gasteiger partial charge in [0.2, 0.25) is 0 Å². The maximum absolute atomic E-state index is 13.7. The van der Waals surface area contributed by atoms with Gasteiger partial charge in [-0.2, -0.15) is 0 Å². The minimum Gasteiger partial charge on any atom is -0.279 e. The Morgan fingerprint density at radius 2 is 1.79 bits per heavy atom. The number of carbonyl (C=O) groups excluding carboxylic acids is 1. The Morgan fingerprint density at radius 1 is 1.06 bits per heavy atom. The average Bonchev–Trinajstić information content (AvgIpc) is 3.22. The molecule has 2 aromatic carbocycles. The molecule has 4 rings (SSSR count). The zero-order chi connectivity index (χ0) is 23.8. The lowest BCUT2D eigenvalue weighted by Crippen LogP contribution is -2.30. The van der Waals surface area contributed by atoms with Crippen LogP contribution in [0, 0.1) is 13.8 Å². The van der Waals surface area contributed by atoms with Crippen LogP contribution in [0.2, 0.25) is 0 Å². The summed E-state index contributed by atoms with van der Waals surface area (Å²) in [5, 5.41) is -0.0103. The number of thiazole rings is 1. The predicted octanol–water partition coefficient (Wildman–Crippen LogP) is 5.34. The smallest absolute Gasteiger partial charge is 0.260 e. The number of pyridine rings is 1. The fourth-order valence-electron chi connectivity index (χ4n) is 3.61. The zero-order valence-corrected chi connectivity index (χ0v) is 20.6. The van der Waals surface area contributed by atoms with Gasteiger partial charge in [-0.3, -0.25) is 14.7 Å². The highest BCUT2D eigenvalue weighted by atomic mass is 32.2. The van der Waals surface area contributed by atoms with Gasteiger partial charge < -0.3 is 0 Å². The van der Waals surface area contributed by atoms with Crippen LogP contribution < -0.4 is 4.90 Å². The largest absolute Gasteiger partial charge is 0.279 e. The van der Waals surface area contributed by atoms with E-state index in [0.717, 1.165) is 26.9 Å². The van der Waals surface area contributed by atoms with Crippen molar-refractivity contribution in [3.63, 3.8) is 0 Å². The number of amides is 1. The van der Waals surface area contributed by atoms with Crippen LogP contribution in [0.4, 0.5) is 5.13 Å². The van der Waals surface area contributed by atoms with E-state index >= 15 is 0 Å². The number of anilines is 1. The third kappa shape index (κ3) is 4.67. The summed E-state index contributed by atoms with van der Waals surface area (Å²) in [4.78, 5) is 24.3. The van der Waals surface area contributed by atoms with Crippen LogP contribution in [-0.2, 0) is 16.4 Å². The molecule has 0 saturated heterocycles. The van der Waals surface area contributed by atoms with Crippen molar-refractivity contribution in [3.8, 4) is 0 Å². The third-order valence-corrected chi connectivity index (χ3v) is 8.79. The Morgan fingerprint density at radius 3 is 2.48 bits per heavy atom. The molecule has 0 atom stereocenters. The number of benzene rings is 2. The highest BCUT2D eigenvalue weighted by molar-refractivity contribution is 7.92. The summed E-state index contributed by atoms with van der Waals surface area (Å²) in [6.45, 7) is 7.61. The molecule has 2 aromatic heterocycles. The average molecular weight is 480 g/mol. The molecule has 1 amide bonds. The van der Waals surface area contributed by atoms with Crippen LogP contribution >= 0.6 is 11.3 Å². The second-order valence-electron chi connectivity index (χ2n) is 8.29. The van der Waals surface area contributed by atoms with E-state index in [-0.39, 0.29) is 10.8 Å². The van der Waals surface area contributed by atoms with E-state index in [4.69, 9.17) is 4.98 Å². The Kier molecular flexibility index (Phi) is 6.32. The first-order valence-electron chi connectivity index (χ1n) is 10.6. The summed E-state index contributed by atoms with van der Waals surface area (Å²) >= 11 is 1.46. The zero-order valence-electron chi connectivity index (χ0n) is 18.9. The SMILES string of the molecule is Cc1cc(C)c2sc(N(Cc3ccncc3)C(=O)c3cccc(S(=O)(=O)C(C)C)c3)nc2c1. The molecular formula is C25H25N3O3S2. The molecule has 0 N–H and O–H groups in total. The van der Waals surface area contributed by atoms with E-state index in [1.54, 1.807) is 43.3 Å². The van der Waals surface area contributed by atoms with Gasteiger partial charge in [0.05, 0.1) is 26.9 Å². The van der Waals surface area contributed by atoms with Gasteiger partial charge in [-0.05, 0) is 80.8 Å². The molecule has 0 unspecified atom stereocenters. The van der Waals surface area contributed by atoms with Crippen molar-refractivity contribution < 1.29 is 13.2 Å². The number of rotatable bonds is 6. The topological polar surface area (TPSA) is 80.2 Å². The van der Waals surface area contributed by atoms with Gasteiger partial charge in [0.1, 0.15) is 0 Å². The van der Waals surface area contributed by atoms with Crippen LogP contribution in [0.25, 0.3) is 10.2 Å². The lowest BCUT2D eigenvalue weighted by molar-refractivity contribution is 0.0985. The molecule has 0 bridgehead atoms. The van der Waals surface area contributed by atoms with E-state index in [2.05, 4.69) is 11.1 Å². The normalized spacial score (nSPS) is 11.8. The van der Waals surface area contributed by atoms with Gasteiger partial charge in [0, 0.05) is 18.0 Å². The molecule has 2 heterocycles. The summed E-state index contributed by atoms with van der Waals surface area (Å²) in [7, 11) is -3.51. The van der Waals surface area contributed by atoms with Crippen LogP contribution in [0.1, 0.15) is 40.9 Å². The second-order valence-corrected chi connectivity index (χ2v) is 11.8. The lowest BCUT2D eigenvalue weighted by atomic mass is 10.1.